The van der Waals surface area contributed by atoms with Gasteiger partial charge in [-0.2, -0.15) is 5.26 Å². The third kappa shape index (κ3) is 2.75. The molecule has 0 saturated carbocycles. The van der Waals surface area contributed by atoms with Crippen LogP contribution in [0.25, 0.3) is 0 Å². The normalized spacial score (nSPS) is 11.8. The summed E-state index contributed by atoms with van der Waals surface area (Å²) in [6, 6.07) is 9.55. The second-order valence-electron chi connectivity index (χ2n) is 3.06. The molecule has 1 aromatic carbocycles. The number of aliphatic hydroxyl groups excluding tert-OH is 1. The highest BCUT2D eigenvalue weighted by atomic mass is 16.5. The van der Waals surface area contributed by atoms with Crippen LogP contribution in [0.3, 0.4) is 0 Å². The Balaban J connectivity index is 2.64. The van der Waals surface area contributed by atoms with Crippen molar-refractivity contribution in [3.05, 3.63) is 29.8 Å². The predicted octanol–water partition coefficient (Wildman–Crippen LogP) is 1.37. The molecule has 14 heavy (non-hydrogen) atoms. The van der Waals surface area contributed by atoms with Crippen LogP contribution in [0.2, 0.25) is 0 Å². The molecule has 1 unspecified atom stereocenters. The minimum atomic E-state index is -0.316. The van der Waals surface area contributed by atoms with Crippen molar-refractivity contribution in [2.75, 3.05) is 13.7 Å². The van der Waals surface area contributed by atoms with Gasteiger partial charge in [-0.3, -0.25) is 0 Å². The van der Waals surface area contributed by atoms with Gasteiger partial charge in [0.05, 0.1) is 25.7 Å². The molecular formula is C11H13NO2. The Hall–Kier alpha value is -1.53. The van der Waals surface area contributed by atoms with Crippen LogP contribution in [-0.2, 0) is 6.42 Å². The van der Waals surface area contributed by atoms with Crippen LogP contribution in [0.4, 0.5) is 0 Å². The Bertz CT molecular complexity index is 313. The summed E-state index contributed by atoms with van der Waals surface area (Å²) in [7, 11) is 1.61. The van der Waals surface area contributed by atoms with E-state index in [2.05, 4.69) is 0 Å². The van der Waals surface area contributed by atoms with Gasteiger partial charge in [0.2, 0.25) is 0 Å². The molecule has 1 atom stereocenters. The number of rotatable bonds is 4. The fourth-order valence-electron chi connectivity index (χ4n) is 1.20. The van der Waals surface area contributed by atoms with Gasteiger partial charge in [-0.1, -0.05) is 12.1 Å². The maximum Gasteiger partial charge on any atom is 0.118 e. The number of aliphatic hydroxyl groups is 1. The first-order valence-electron chi connectivity index (χ1n) is 4.43. The molecule has 0 aromatic heterocycles. The highest BCUT2D eigenvalue weighted by Gasteiger charge is 2.06. The monoisotopic (exact) mass is 191 g/mol. The summed E-state index contributed by atoms with van der Waals surface area (Å²) >= 11 is 0. The lowest BCUT2D eigenvalue weighted by Gasteiger charge is -2.06. The minimum absolute atomic E-state index is 0.0947. The number of hydrogen-bond donors (Lipinski definition) is 1. The first kappa shape index (κ1) is 10.6. The lowest BCUT2D eigenvalue weighted by atomic mass is 10.0. The van der Waals surface area contributed by atoms with Gasteiger partial charge in [-0.05, 0) is 24.1 Å². The molecule has 74 valence electrons. The summed E-state index contributed by atoms with van der Waals surface area (Å²) in [5.74, 6) is 0.481. The predicted molar refractivity (Wildman–Crippen MR) is 52.9 cm³/mol. The van der Waals surface area contributed by atoms with Crippen LogP contribution in [0.15, 0.2) is 24.3 Å². The summed E-state index contributed by atoms with van der Waals surface area (Å²) in [6.07, 6.45) is 0.580. The van der Waals surface area contributed by atoms with E-state index in [0.717, 1.165) is 11.3 Å². The van der Waals surface area contributed by atoms with E-state index >= 15 is 0 Å². The second kappa shape index (κ2) is 5.25. The first-order valence-corrected chi connectivity index (χ1v) is 4.43. The Labute approximate surface area is 83.6 Å². The van der Waals surface area contributed by atoms with Crippen molar-refractivity contribution < 1.29 is 9.84 Å². The van der Waals surface area contributed by atoms with E-state index in [-0.39, 0.29) is 12.5 Å². The van der Waals surface area contributed by atoms with Gasteiger partial charge in [0.25, 0.3) is 0 Å². The number of methoxy groups -OCH3 is 1. The minimum Gasteiger partial charge on any atom is -0.497 e. The van der Waals surface area contributed by atoms with Gasteiger partial charge in [0, 0.05) is 0 Å². The molecule has 3 heteroatoms. The molecule has 0 fully saturated rings. The number of nitrogens with zero attached hydrogens (tertiary/aromatic N) is 1. The Kier molecular flexibility index (Phi) is 3.96. The van der Waals surface area contributed by atoms with Crippen LogP contribution in [0.1, 0.15) is 5.56 Å². The molecule has 0 aliphatic carbocycles. The summed E-state index contributed by atoms with van der Waals surface area (Å²) in [5.41, 5.74) is 1.03. The number of nitriles is 1. The third-order valence-corrected chi connectivity index (χ3v) is 2.04. The molecule has 0 heterocycles. The van der Waals surface area contributed by atoms with Crippen LogP contribution in [0, 0.1) is 17.2 Å². The van der Waals surface area contributed by atoms with Gasteiger partial charge >= 0.3 is 0 Å². The Morgan fingerprint density at radius 2 is 2.07 bits per heavy atom. The number of ether oxygens (including phenoxy) is 1. The van der Waals surface area contributed by atoms with Crippen LogP contribution >= 0.6 is 0 Å². The molecule has 0 amide bonds. The molecule has 0 bridgehead atoms. The van der Waals surface area contributed by atoms with E-state index in [4.69, 9.17) is 15.1 Å². The molecule has 1 aromatic rings. The van der Waals surface area contributed by atoms with Gasteiger partial charge in [-0.25, -0.2) is 0 Å². The molecule has 1 rings (SSSR count). The topological polar surface area (TPSA) is 53.2 Å². The van der Waals surface area contributed by atoms with E-state index in [9.17, 15) is 0 Å². The van der Waals surface area contributed by atoms with Gasteiger partial charge < -0.3 is 9.84 Å². The fraction of sp³-hybridized carbons (Fsp3) is 0.364. The fourth-order valence-corrected chi connectivity index (χ4v) is 1.20. The zero-order valence-corrected chi connectivity index (χ0v) is 8.10. The highest BCUT2D eigenvalue weighted by Crippen LogP contribution is 2.14. The maximum atomic E-state index is 8.84. The Morgan fingerprint density at radius 3 is 2.50 bits per heavy atom. The molecule has 1 N–H and O–H groups in total. The molecular weight excluding hydrogens is 178 g/mol. The third-order valence-electron chi connectivity index (χ3n) is 2.04. The van der Waals surface area contributed by atoms with Crippen molar-refractivity contribution in [3.63, 3.8) is 0 Å². The lowest BCUT2D eigenvalue weighted by Crippen LogP contribution is -2.06. The van der Waals surface area contributed by atoms with Gasteiger partial charge in [0.1, 0.15) is 5.75 Å². The highest BCUT2D eigenvalue weighted by molar-refractivity contribution is 5.27. The SMILES string of the molecule is COc1ccc(CC(C#N)CO)cc1. The summed E-state index contributed by atoms with van der Waals surface area (Å²) in [6.45, 7) is -0.0947. The first-order chi connectivity index (χ1) is 6.80. The van der Waals surface area contributed by atoms with E-state index < -0.39 is 0 Å². The van der Waals surface area contributed by atoms with Crippen molar-refractivity contribution in [3.8, 4) is 11.8 Å². The van der Waals surface area contributed by atoms with Crippen molar-refractivity contribution >= 4 is 0 Å². The number of hydrogen-bond acceptors (Lipinski definition) is 3. The summed E-state index contributed by atoms with van der Waals surface area (Å²) in [5, 5.41) is 17.5. The van der Waals surface area contributed by atoms with Crippen LogP contribution in [0.5, 0.6) is 5.75 Å². The lowest BCUT2D eigenvalue weighted by molar-refractivity contribution is 0.255. The van der Waals surface area contributed by atoms with E-state index in [1.807, 2.05) is 30.3 Å². The number of benzene rings is 1. The quantitative estimate of drug-likeness (QED) is 0.782. The van der Waals surface area contributed by atoms with Crippen molar-refractivity contribution in [1.29, 1.82) is 5.26 Å². The largest absolute Gasteiger partial charge is 0.497 e. The smallest absolute Gasteiger partial charge is 0.118 e. The zero-order chi connectivity index (χ0) is 10.4. The zero-order valence-electron chi connectivity index (χ0n) is 8.10. The maximum absolute atomic E-state index is 8.84. The van der Waals surface area contributed by atoms with E-state index in [1.165, 1.54) is 0 Å². The van der Waals surface area contributed by atoms with Crippen molar-refractivity contribution in [2.24, 2.45) is 5.92 Å². The Morgan fingerprint density at radius 1 is 1.43 bits per heavy atom. The average molecular weight is 191 g/mol. The molecule has 0 spiro atoms. The van der Waals surface area contributed by atoms with Gasteiger partial charge in [-0.15, -0.1) is 0 Å². The standard InChI is InChI=1S/C11H13NO2/c1-14-11-4-2-9(3-5-11)6-10(7-12)8-13/h2-5,10,13H,6,8H2,1H3. The molecule has 3 nitrogen and oxygen atoms in total. The van der Waals surface area contributed by atoms with Crippen LogP contribution in [-0.4, -0.2) is 18.8 Å². The van der Waals surface area contributed by atoms with Crippen LogP contribution < -0.4 is 4.74 Å². The molecule has 0 aliphatic rings. The summed E-state index contributed by atoms with van der Waals surface area (Å²) in [4.78, 5) is 0. The van der Waals surface area contributed by atoms with E-state index in [1.54, 1.807) is 7.11 Å². The molecule has 0 radical (unpaired) electrons. The van der Waals surface area contributed by atoms with Crippen molar-refractivity contribution in [1.82, 2.24) is 0 Å². The molecule has 0 saturated heterocycles. The van der Waals surface area contributed by atoms with Crippen molar-refractivity contribution in [2.45, 2.75) is 6.42 Å². The summed E-state index contributed by atoms with van der Waals surface area (Å²) < 4.78 is 5.01. The second-order valence-corrected chi connectivity index (χ2v) is 3.06. The molecule has 0 aliphatic heterocycles. The van der Waals surface area contributed by atoms with Gasteiger partial charge in [0.15, 0.2) is 0 Å². The van der Waals surface area contributed by atoms with E-state index in [0.29, 0.717) is 6.42 Å². The average Bonchev–Trinajstić information content (AvgIpc) is 2.26.